The first-order chi connectivity index (χ1) is 30.5. The monoisotopic (exact) mass is 897 g/mol. The Balaban J connectivity index is 1.37. The molecule has 1 amide bonds. The summed E-state index contributed by atoms with van der Waals surface area (Å²) < 4.78 is 36.8. The highest BCUT2D eigenvalue weighted by molar-refractivity contribution is 5.94. The van der Waals surface area contributed by atoms with E-state index in [4.69, 9.17) is 28.4 Å². The number of rotatable bonds is 11. The third-order valence-corrected chi connectivity index (χ3v) is 13.8. The van der Waals surface area contributed by atoms with E-state index in [1.54, 1.807) is 114 Å². The van der Waals surface area contributed by atoms with Crippen LogP contribution in [-0.2, 0) is 49.4 Å². The number of carbonyl (C=O) groups excluding carboxylic acids is 5. The van der Waals surface area contributed by atoms with E-state index in [0.29, 0.717) is 11.1 Å². The van der Waals surface area contributed by atoms with Crippen LogP contribution in [0, 0.1) is 16.7 Å². The highest BCUT2D eigenvalue weighted by Gasteiger charge is 2.78. The molecule has 3 fully saturated rings. The fourth-order valence-electron chi connectivity index (χ4n) is 10.5. The quantitative estimate of drug-likeness (QED) is 0.107. The molecule has 15 nitrogen and oxygen atoms in total. The molecule has 2 saturated carbocycles. The second-order valence-corrected chi connectivity index (χ2v) is 19.3. The second-order valence-electron chi connectivity index (χ2n) is 19.3. The zero-order valence-corrected chi connectivity index (χ0v) is 37.9. The first-order valence-electron chi connectivity index (χ1n) is 21.9. The van der Waals surface area contributed by atoms with Crippen LogP contribution in [0.2, 0.25) is 0 Å². The van der Waals surface area contributed by atoms with Crippen LogP contribution in [0.5, 0.6) is 0 Å². The molecule has 1 aliphatic heterocycles. The third kappa shape index (κ3) is 8.60. The number of hydrogen-bond acceptors (Lipinski definition) is 14. The second kappa shape index (κ2) is 17.7. The number of fused-ring (bicyclic) bond motifs is 5. The summed E-state index contributed by atoms with van der Waals surface area (Å²) in [6.45, 7) is 12.0. The van der Waals surface area contributed by atoms with Gasteiger partial charge in [-0.3, -0.25) is 9.59 Å². The maximum Gasteiger partial charge on any atom is 0.408 e. The largest absolute Gasteiger partial charge is 0.456 e. The summed E-state index contributed by atoms with van der Waals surface area (Å²) in [7, 11) is 0. The Bertz CT molecular complexity index is 2310. The molecule has 0 spiro atoms. The van der Waals surface area contributed by atoms with Gasteiger partial charge >= 0.3 is 24.0 Å². The lowest BCUT2D eigenvalue weighted by atomic mass is 9.44. The number of nitrogens with one attached hydrogen (secondary N) is 1. The van der Waals surface area contributed by atoms with Crippen molar-refractivity contribution in [2.75, 3.05) is 6.61 Å². The minimum atomic E-state index is -2.34. The summed E-state index contributed by atoms with van der Waals surface area (Å²) in [5, 5.41) is 40.9. The van der Waals surface area contributed by atoms with Crippen molar-refractivity contribution in [3.8, 4) is 0 Å². The molecular weight excluding hydrogens is 839 g/mol. The summed E-state index contributed by atoms with van der Waals surface area (Å²) >= 11 is 0. The van der Waals surface area contributed by atoms with Crippen LogP contribution in [0.4, 0.5) is 4.79 Å². The Morgan fingerprint density at radius 2 is 1.49 bits per heavy atom. The van der Waals surface area contributed by atoms with Crippen LogP contribution >= 0.6 is 0 Å². The molecule has 2 bridgehead atoms. The van der Waals surface area contributed by atoms with Gasteiger partial charge in [0.2, 0.25) is 0 Å². The average molecular weight is 898 g/mol. The van der Waals surface area contributed by atoms with Gasteiger partial charge in [0.05, 0.1) is 42.3 Å². The van der Waals surface area contributed by atoms with Gasteiger partial charge < -0.3 is 49.1 Å². The molecule has 4 aliphatic rings. The van der Waals surface area contributed by atoms with Gasteiger partial charge in [-0.25, -0.2) is 14.4 Å². The molecule has 0 radical (unpaired) electrons. The molecular formula is C50H59NO14. The van der Waals surface area contributed by atoms with Crippen molar-refractivity contribution in [2.24, 2.45) is 16.7 Å². The predicted octanol–water partition coefficient (Wildman–Crippen LogP) is 5.48. The highest BCUT2D eigenvalue weighted by Crippen LogP contribution is 2.64. The molecule has 4 N–H and O–H groups in total. The normalized spacial score (nSPS) is 31.3. The van der Waals surface area contributed by atoms with Crippen molar-refractivity contribution in [3.63, 3.8) is 0 Å². The Morgan fingerprint density at radius 1 is 0.892 bits per heavy atom. The number of aliphatic hydroxyl groups is 3. The number of amides is 1. The molecule has 3 aromatic carbocycles. The average Bonchev–Trinajstić information content (AvgIpc) is 3.24. The van der Waals surface area contributed by atoms with E-state index in [2.05, 4.69) is 5.32 Å². The van der Waals surface area contributed by atoms with E-state index in [1.807, 2.05) is 6.07 Å². The molecule has 15 heteroatoms. The minimum Gasteiger partial charge on any atom is -0.456 e. The number of aliphatic hydroxyl groups excluding tert-OH is 2. The number of hydrogen-bond donors (Lipinski definition) is 4. The Morgan fingerprint density at radius 3 is 2.06 bits per heavy atom. The fourth-order valence-corrected chi connectivity index (χ4v) is 10.5. The maximum absolute atomic E-state index is 15.2. The van der Waals surface area contributed by atoms with Gasteiger partial charge in [0.15, 0.2) is 17.5 Å². The Labute approximate surface area is 378 Å². The smallest absolute Gasteiger partial charge is 0.408 e. The zero-order chi connectivity index (χ0) is 47.3. The molecule has 0 aromatic heterocycles. The number of carbonyl (C=O) groups is 5. The van der Waals surface area contributed by atoms with Gasteiger partial charge in [0.25, 0.3) is 0 Å². The predicted molar refractivity (Wildman–Crippen MR) is 233 cm³/mol. The van der Waals surface area contributed by atoms with Crippen LogP contribution in [0.1, 0.15) is 95.8 Å². The van der Waals surface area contributed by atoms with Crippen molar-refractivity contribution in [2.45, 2.75) is 134 Å². The number of ketones is 1. The fraction of sp³-hybridized carbons (Fsp3) is 0.500. The van der Waals surface area contributed by atoms with Crippen LogP contribution < -0.4 is 5.32 Å². The molecule has 65 heavy (non-hydrogen) atoms. The molecule has 3 aliphatic carbocycles. The minimum absolute atomic E-state index is 0.0246. The van der Waals surface area contributed by atoms with Gasteiger partial charge in [0.1, 0.15) is 35.6 Å². The van der Waals surface area contributed by atoms with E-state index in [0.717, 1.165) is 0 Å². The molecule has 348 valence electrons. The van der Waals surface area contributed by atoms with Crippen LogP contribution in [0.15, 0.2) is 102 Å². The number of Topliss-reactive ketones (excluding diaryl/α,β-unsaturated/α-hetero) is 1. The number of benzene rings is 3. The lowest BCUT2D eigenvalue weighted by Gasteiger charge is -2.67. The number of esters is 3. The highest BCUT2D eigenvalue weighted by atomic mass is 16.6. The van der Waals surface area contributed by atoms with E-state index in [9.17, 15) is 29.7 Å². The van der Waals surface area contributed by atoms with Crippen molar-refractivity contribution >= 4 is 29.8 Å². The third-order valence-electron chi connectivity index (χ3n) is 13.8. The molecule has 3 aromatic rings. The summed E-state index contributed by atoms with van der Waals surface area (Å²) in [6, 6.07) is 24.4. The maximum atomic E-state index is 15.2. The Hall–Kier alpha value is -5.45. The summed E-state index contributed by atoms with van der Waals surface area (Å²) in [4.78, 5) is 71.0. The molecule has 0 unspecified atom stereocenters. The lowest BCUT2D eigenvalue weighted by molar-refractivity contribution is -0.346. The molecule has 1 heterocycles. The van der Waals surface area contributed by atoms with E-state index >= 15 is 9.59 Å². The summed E-state index contributed by atoms with van der Waals surface area (Å²) in [5.41, 5.74) is -7.17. The summed E-state index contributed by atoms with van der Waals surface area (Å²) in [6.07, 6.45) is -10.8. The van der Waals surface area contributed by atoms with E-state index in [1.165, 1.54) is 26.0 Å². The first-order valence-corrected chi connectivity index (χ1v) is 21.9. The standard InChI is InChI=1S/C50H59NO14/c1-28-33(62-44(57)39(60-26-30-18-12-9-13-19-30)37(31-20-14-10-15-21-31)51-45(58)65-46(3,4)5)25-50(59)42(63-43(56)32-22-16-11-17-23-32)40-48(8,41(55)38(54)36(28)47(50,6)7)34(53)24-35-49(40,27-61-35)64-29(2)52/h9-23,33-35,37-40,42,53-54,59H,24-27H2,1-8H3,(H,51,58)/t33-,34-,35+,37-,38+,39+,40-,42-,48+,49-,50+/m0/s1. The summed E-state index contributed by atoms with van der Waals surface area (Å²) in [5.74, 6) is -5.06. The van der Waals surface area contributed by atoms with Crippen molar-refractivity contribution in [3.05, 3.63) is 119 Å². The lowest BCUT2D eigenvalue weighted by Crippen LogP contribution is -2.81. The van der Waals surface area contributed by atoms with Gasteiger partial charge in [-0.05, 0) is 69.0 Å². The molecule has 7 rings (SSSR count). The van der Waals surface area contributed by atoms with Crippen molar-refractivity contribution in [1.29, 1.82) is 0 Å². The van der Waals surface area contributed by atoms with Crippen molar-refractivity contribution in [1.82, 2.24) is 5.32 Å². The van der Waals surface area contributed by atoms with Gasteiger partial charge in [-0.1, -0.05) is 92.7 Å². The topological polar surface area (TPSA) is 213 Å². The molecule has 1 saturated heterocycles. The Kier molecular flexibility index (Phi) is 13.0. The van der Waals surface area contributed by atoms with Crippen LogP contribution in [-0.4, -0.2) is 105 Å². The zero-order valence-electron chi connectivity index (χ0n) is 37.9. The van der Waals surface area contributed by atoms with Crippen molar-refractivity contribution < 1.29 is 67.7 Å². The van der Waals surface area contributed by atoms with Gasteiger partial charge in [-0.15, -0.1) is 0 Å². The number of alkyl carbamates (subject to hydrolysis) is 1. The van der Waals surface area contributed by atoms with E-state index < -0.39 is 112 Å². The van der Waals surface area contributed by atoms with E-state index in [-0.39, 0.29) is 36.3 Å². The van der Waals surface area contributed by atoms with Gasteiger partial charge in [-0.2, -0.15) is 0 Å². The first kappa shape index (κ1) is 47.5. The number of ether oxygens (including phenoxy) is 6. The molecule has 11 atom stereocenters. The SMILES string of the molecule is CC(=O)O[C@@]12CO[C@@H]1C[C@H](O)[C@@]1(C)C(=O)[C@H](O)C3=C(C)[C@@H](OC(=O)[C@H](OCc4ccccc4)[C@@H](NC(=O)OC(C)(C)C)c4ccccc4)C[C@@](O)([C@@H](OC(=O)c4ccccc4)[C@H]21)C3(C)C. The van der Waals surface area contributed by atoms with Gasteiger partial charge in [0, 0.05) is 25.2 Å². The van der Waals surface area contributed by atoms with Crippen LogP contribution in [0.25, 0.3) is 0 Å². The van der Waals surface area contributed by atoms with Crippen LogP contribution in [0.3, 0.4) is 0 Å².